The van der Waals surface area contributed by atoms with Gasteiger partial charge in [-0.2, -0.15) is 0 Å². The van der Waals surface area contributed by atoms with E-state index in [4.69, 9.17) is 9.47 Å². The van der Waals surface area contributed by atoms with Gasteiger partial charge in [-0.3, -0.25) is 29.0 Å². The summed E-state index contributed by atoms with van der Waals surface area (Å²) in [6.45, 7) is 3.63. The highest BCUT2D eigenvalue weighted by molar-refractivity contribution is 6.00. The summed E-state index contributed by atoms with van der Waals surface area (Å²) in [5.41, 5.74) is 1.33. The van der Waals surface area contributed by atoms with Crippen molar-refractivity contribution >= 4 is 29.6 Å². The first-order valence-electron chi connectivity index (χ1n) is 14.0. The monoisotopic (exact) mass is 556 g/mol. The Labute approximate surface area is 232 Å². The Kier molecular flexibility index (Phi) is 7.97. The van der Waals surface area contributed by atoms with E-state index < -0.39 is 48.1 Å². The van der Waals surface area contributed by atoms with Gasteiger partial charge in [-0.15, -0.1) is 0 Å². The van der Waals surface area contributed by atoms with Gasteiger partial charge in [0, 0.05) is 18.5 Å². The molecule has 4 fully saturated rings. The van der Waals surface area contributed by atoms with E-state index in [0.29, 0.717) is 24.0 Å². The number of phenolic OH excluding ortho intramolecular Hbond substituents is 1. The van der Waals surface area contributed by atoms with Crippen molar-refractivity contribution < 1.29 is 38.6 Å². The predicted molar refractivity (Wildman–Crippen MR) is 139 cm³/mol. The Hall–Kier alpha value is -3.67. The fraction of sp³-hybridized carbons (Fsp3) is 0.607. The average molecular weight is 557 g/mol. The third-order valence-corrected chi connectivity index (χ3v) is 8.14. The zero-order valence-corrected chi connectivity index (χ0v) is 22.8. The number of hydrazine groups is 1. The van der Waals surface area contributed by atoms with Crippen molar-refractivity contribution in [3.8, 4) is 5.75 Å². The van der Waals surface area contributed by atoms with Crippen LogP contribution < -0.4 is 10.6 Å². The van der Waals surface area contributed by atoms with Crippen molar-refractivity contribution in [2.24, 2.45) is 0 Å². The molecule has 12 heteroatoms. The van der Waals surface area contributed by atoms with Crippen LogP contribution >= 0.6 is 0 Å². The molecule has 1 aromatic rings. The molecule has 0 aromatic heterocycles. The molecule has 0 unspecified atom stereocenters. The molecule has 0 bridgehead atoms. The summed E-state index contributed by atoms with van der Waals surface area (Å²) in [5, 5.41) is 18.1. The molecular weight excluding hydrogens is 520 g/mol. The minimum atomic E-state index is -1.03. The van der Waals surface area contributed by atoms with E-state index in [-0.39, 0.29) is 49.1 Å². The van der Waals surface area contributed by atoms with Gasteiger partial charge in [-0.25, -0.2) is 5.01 Å². The Morgan fingerprint density at radius 2 is 1.70 bits per heavy atom. The van der Waals surface area contributed by atoms with Crippen LogP contribution in [-0.4, -0.2) is 81.8 Å². The van der Waals surface area contributed by atoms with E-state index in [9.17, 15) is 29.1 Å². The molecule has 3 heterocycles. The third-order valence-electron chi connectivity index (χ3n) is 8.14. The van der Waals surface area contributed by atoms with Gasteiger partial charge in [0.1, 0.15) is 23.9 Å². The van der Waals surface area contributed by atoms with E-state index in [2.05, 4.69) is 10.6 Å². The second-order valence-electron chi connectivity index (χ2n) is 11.1. The number of nitrogens with one attached hydrogen (secondary N) is 2. The third kappa shape index (κ3) is 5.63. The normalized spacial score (nSPS) is 27.3. The number of phenols is 1. The van der Waals surface area contributed by atoms with Gasteiger partial charge in [0.05, 0.1) is 12.5 Å². The van der Waals surface area contributed by atoms with E-state index in [0.717, 1.165) is 25.7 Å². The molecule has 1 aliphatic carbocycles. The number of nitrogens with zero attached hydrogens (tertiary/aromatic N) is 2. The summed E-state index contributed by atoms with van der Waals surface area (Å²) in [6.07, 6.45) is 3.77. The van der Waals surface area contributed by atoms with Crippen LogP contribution in [0.3, 0.4) is 0 Å². The Bertz CT molecular complexity index is 1190. The molecule has 0 radical (unpaired) electrons. The van der Waals surface area contributed by atoms with Gasteiger partial charge in [-0.1, -0.05) is 12.8 Å². The minimum absolute atomic E-state index is 0.0252. The number of amides is 4. The standard InChI is InChI=1S/C28H36N4O8/c1-15-12-17(13-16(2)24(15)35)25(36)29-19-9-10-22(33)31-11-5-8-21(32(31)27(19)38)26(37)30-20-14-23(34)40-28(20)39-18-6-3-4-7-18/h12-13,18-21,28,35H,3-11,14H2,1-2H3,(H,29,36)(H,30,37)/t19-,20-,21-,28-/m0/s1. The molecule has 3 N–H and O–H groups in total. The summed E-state index contributed by atoms with van der Waals surface area (Å²) >= 11 is 0. The van der Waals surface area contributed by atoms with Crippen molar-refractivity contribution in [1.29, 1.82) is 0 Å². The van der Waals surface area contributed by atoms with Gasteiger partial charge in [0.15, 0.2) is 0 Å². The van der Waals surface area contributed by atoms with E-state index in [1.807, 2.05) is 0 Å². The number of fused-ring (bicyclic) bond motifs is 1. The molecule has 4 aliphatic rings. The summed E-state index contributed by atoms with van der Waals surface area (Å²) in [4.78, 5) is 65.5. The van der Waals surface area contributed by atoms with Crippen LogP contribution in [0.5, 0.6) is 5.75 Å². The number of benzene rings is 1. The summed E-state index contributed by atoms with van der Waals surface area (Å²) < 4.78 is 11.3. The van der Waals surface area contributed by atoms with Gasteiger partial charge < -0.3 is 25.2 Å². The van der Waals surface area contributed by atoms with Crippen LogP contribution in [0.4, 0.5) is 0 Å². The molecule has 3 aliphatic heterocycles. The molecule has 1 saturated carbocycles. The van der Waals surface area contributed by atoms with Gasteiger partial charge >= 0.3 is 5.97 Å². The fourth-order valence-corrected chi connectivity index (χ4v) is 6.01. The summed E-state index contributed by atoms with van der Waals surface area (Å²) in [5.74, 6) is -2.26. The summed E-state index contributed by atoms with van der Waals surface area (Å²) in [6, 6.07) is 0.332. The first kappa shape index (κ1) is 27.9. The molecule has 4 amide bonds. The van der Waals surface area contributed by atoms with Crippen molar-refractivity contribution in [3.05, 3.63) is 28.8 Å². The zero-order chi connectivity index (χ0) is 28.6. The van der Waals surface area contributed by atoms with Crippen LogP contribution in [0.1, 0.15) is 79.3 Å². The number of aryl methyl sites for hydroxylation is 2. The van der Waals surface area contributed by atoms with Crippen LogP contribution in [0.15, 0.2) is 12.1 Å². The predicted octanol–water partition coefficient (Wildman–Crippen LogP) is 1.35. The first-order valence-corrected chi connectivity index (χ1v) is 14.0. The number of carbonyl (C=O) groups is 5. The lowest BCUT2D eigenvalue weighted by atomic mass is 10.0. The van der Waals surface area contributed by atoms with Crippen LogP contribution in [-0.2, 0) is 28.7 Å². The maximum Gasteiger partial charge on any atom is 0.310 e. The highest BCUT2D eigenvalue weighted by Gasteiger charge is 2.46. The SMILES string of the molecule is Cc1cc(C(=O)N[C@H]2CCC(=O)N3CCC[C@@H](C(=O)N[C@H]4CC(=O)O[C@@H]4OC4CCCC4)N3C2=O)cc(C)c1O. The number of esters is 1. The molecule has 40 heavy (non-hydrogen) atoms. The topological polar surface area (TPSA) is 155 Å². The number of carbonyl (C=O) groups excluding carboxylic acids is 5. The molecule has 1 aromatic carbocycles. The number of hydrogen-bond acceptors (Lipinski definition) is 8. The van der Waals surface area contributed by atoms with E-state index >= 15 is 0 Å². The molecule has 12 nitrogen and oxygen atoms in total. The quantitative estimate of drug-likeness (QED) is 0.444. The van der Waals surface area contributed by atoms with Crippen molar-refractivity contribution in [2.75, 3.05) is 6.54 Å². The Morgan fingerprint density at radius 1 is 1.00 bits per heavy atom. The fourth-order valence-electron chi connectivity index (χ4n) is 6.01. The average Bonchev–Trinajstić information content (AvgIpc) is 3.54. The highest BCUT2D eigenvalue weighted by Crippen LogP contribution is 2.29. The lowest BCUT2D eigenvalue weighted by molar-refractivity contribution is -0.180. The van der Waals surface area contributed by atoms with E-state index in [1.165, 1.54) is 22.2 Å². The maximum atomic E-state index is 13.8. The van der Waals surface area contributed by atoms with Crippen LogP contribution in [0, 0.1) is 13.8 Å². The Balaban J connectivity index is 1.31. The number of cyclic esters (lactones) is 1. The Morgan fingerprint density at radius 3 is 2.40 bits per heavy atom. The van der Waals surface area contributed by atoms with Gasteiger partial charge in [0.25, 0.3) is 11.8 Å². The van der Waals surface area contributed by atoms with Crippen molar-refractivity contribution in [2.45, 2.75) is 102 Å². The highest BCUT2D eigenvalue weighted by atomic mass is 16.7. The number of rotatable bonds is 6. The molecule has 3 saturated heterocycles. The molecule has 5 rings (SSSR count). The largest absolute Gasteiger partial charge is 0.507 e. The number of hydrogen-bond donors (Lipinski definition) is 3. The second-order valence-corrected chi connectivity index (χ2v) is 11.1. The molecule has 4 atom stereocenters. The lowest BCUT2D eigenvalue weighted by Gasteiger charge is -2.43. The first-order chi connectivity index (χ1) is 19.1. The van der Waals surface area contributed by atoms with Crippen molar-refractivity contribution in [1.82, 2.24) is 20.7 Å². The van der Waals surface area contributed by atoms with E-state index in [1.54, 1.807) is 13.8 Å². The van der Waals surface area contributed by atoms with Crippen LogP contribution in [0.2, 0.25) is 0 Å². The molecule has 0 spiro atoms. The zero-order valence-electron chi connectivity index (χ0n) is 22.8. The molecule has 216 valence electrons. The van der Waals surface area contributed by atoms with Crippen molar-refractivity contribution in [3.63, 3.8) is 0 Å². The number of aromatic hydroxyl groups is 1. The molecular formula is C28H36N4O8. The lowest BCUT2D eigenvalue weighted by Crippen LogP contribution is -2.64. The smallest absolute Gasteiger partial charge is 0.310 e. The van der Waals surface area contributed by atoms with Gasteiger partial charge in [0.2, 0.25) is 18.1 Å². The second kappa shape index (κ2) is 11.4. The number of ether oxygens (including phenoxy) is 2. The van der Waals surface area contributed by atoms with Gasteiger partial charge in [-0.05, 0) is 69.2 Å². The van der Waals surface area contributed by atoms with Crippen LogP contribution in [0.25, 0.3) is 0 Å². The maximum absolute atomic E-state index is 13.8. The minimum Gasteiger partial charge on any atom is -0.507 e. The summed E-state index contributed by atoms with van der Waals surface area (Å²) in [7, 11) is 0.